The van der Waals surface area contributed by atoms with Crippen LogP contribution < -0.4 is 5.43 Å². The van der Waals surface area contributed by atoms with Crippen LogP contribution in [0.1, 0.15) is 6.92 Å². The molecular formula is C12H12ClNOS. The third kappa shape index (κ3) is 1.97. The molecule has 1 aromatic carbocycles. The second kappa shape index (κ2) is 4.52. The van der Waals surface area contributed by atoms with Gasteiger partial charge in [-0.15, -0.1) is 11.8 Å². The molecule has 2 rings (SSSR count). The van der Waals surface area contributed by atoms with E-state index in [0.29, 0.717) is 5.02 Å². The van der Waals surface area contributed by atoms with Gasteiger partial charge in [0.05, 0.1) is 10.4 Å². The Balaban J connectivity index is 2.79. The molecule has 0 fully saturated rings. The van der Waals surface area contributed by atoms with E-state index in [-0.39, 0.29) is 5.43 Å². The number of aryl methyl sites for hydroxylation is 1. The average molecular weight is 254 g/mol. The van der Waals surface area contributed by atoms with Crippen molar-refractivity contribution in [1.29, 1.82) is 0 Å². The summed E-state index contributed by atoms with van der Waals surface area (Å²) in [4.78, 5) is 12.9. The molecule has 4 heteroatoms. The number of nitrogens with zero attached hydrogens (tertiary/aromatic N) is 1. The van der Waals surface area contributed by atoms with Gasteiger partial charge >= 0.3 is 0 Å². The molecule has 16 heavy (non-hydrogen) atoms. The van der Waals surface area contributed by atoms with E-state index in [9.17, 15) is 4.79 Å². The maximum absolute atomic E-state index is 12.1. The Labute approximate surface area is 103 Å². The number of aromatic nitrogens is 1. The summed E-state index contributed by atoms with van der Waals surface area (Å²) in [6.45, 7) is 2.04. The lowest BCUT2D eigenvalue weighted by atomic mass is 10.2. The zero-order valence-electron chi connectivity index (χ0n) is 9.16. The van der Waals surface area contributed by atoms with Crippen molar-refractivity contribution in [2.24, 2.45) is 7.05 Å². The Kier molecular flexibility index (Phi) is 3.26. The fraction of sp³-hybridized carbons (Fsp3) is 0.250. The number of thioether (sulfide) groups is 1. The largest absolute Gasteiger partial charge is 0.349 e. The first-order valence-corrected chi connectivity index (χ1v) is 6.41. The van der Waals surface area contributed by atoms with E-state index in [1.807, 2.05) is 30.8 Å². The molecule has 1 heterocycles. The Morgan fingerprint density at radius 3 is 2.88 bits per heavy atom. The maximum atomic E-state index is 12.1. The van der Waals surface area contributed by atoms with E-state index in [4.69, 9.17) is 11.6 Å². The highest BCUT2D eigenvalue weighted by molar-refractivity contribution is 7.99. The van der Waals surface area contributed by atoms with Gasteiger partial charge in [0.25, 0.3) is 0 Å². The van der Waals surface area contributed by atoms with Crippen LogP contribution in [0, 0.1) is 0 Å². The van der Waals surface area contributed by atoms with Crippen molar-refractivity contribution in [2.75, 3.05) is 5.75 Å². The molecule has 0 radical (unpaired) electrons. The molecule has 0 aliphatic rings. The van der Waals surface area contributed by atoms with Crippen LogP contribution in [-0.2, 0) is 7.05 Å². The van der Waals surface area contributed by atoms with Gasteiger partial charge in [-0.1, -0.05) is 18.5 Å². The normalized spacial score (nSPS) is 10.9. The van der Waals surface area contributed by atoms with E-state index in [1.165, 1.54) is 0 Å². The lowest BCUT2D eigenvalue weighted by molar-refractivity contribution is 0.924. The molecule has 0 bridgehead atoms. The standard InChI is InChI=1S/C12H12ClNOS/c1-3-16-11-7-14(2)10-6-8(13)4-5-9(10)12(11)15/h4-7H,3H2,1-2H3. The highest BCUT2D eigenvalue weighted by Gasteiger charge is 2.07. The van der Waals surface area contributed by atoms with Crippen molar-refractivity contribution in [3.63, 3.8) is 0 Å². The Morgan fingerprint density at radius 2 is 2.19 bits per heavy atom. The number of benzene rings is 1. The lowest BCUT2D eigenvalue weighted by Crippen LogP contribution is -2.09. The minimum absolute atomic E-state index is 0.0941. The molecule has 0 N–H and O–H groups in total. The van der Waals surface area contributed by atoms with Crippen LogP contribution in [0.3, 0.4) is 0 Å². The van der Waals surface area contributed by atoms with E-state index >= 15 is 0 Å². The Morgan fingerprint density at radius 1 is 1.44 bits per heavy atom. The van der Waals surface area contributed by atoms with Crippen molar-refractivity contribution in [3.05, 3.63) is 39.6 Å². The Hall–Kier alpha value is -0.930. The zero-order chi connectivity index (χ0) is 11.7. The number of rotatable bonds is 2. The summed E-state index contributed by atoms with van der Waals surface area (Å²) in [5, 5.41) is 1.38. The molecule has 84 valence electrons. The van der Waals surface area contributed by atoms with Crippen LogP contribution in [-0.4, -0.2) is 10.3 Å². The minimum Gasteiger partial charge on any atom is -0.349 e. The zero-order valence-corrected chi connectivity index (χ0v) is 10.7. The summed E-state index contributed by atoms with van der Waals surface area (Å²) in [6.07, 6.45) is 1.87. The quantitative estimate of drug-likeness (QED) is 0.766. The molecule has 0 aliphatic heterocycles. The Bertz CT molecular complexity index is 591. The first kappa shape index (κ1) is 11.6. The summed E-state index contributed by atoms with van der Waals surface area (Å²) >= 11 is 7.49. The first-order valence-electron chi connectivity index (χ1n) is 5.05. The highest BCUT2D eigenvalue weighted by atomic mass is 35.5. The van der Waals surface area contributed by atoms with E-state index in [2.05, 4.69) is 0 Å². The molecule has 2 nitrogen and oxygen atoms in total. The minimum atomic E-state index is 0.0941. The smallest absolute Gasteiger partial charge is 0.202 e. The number of pyridine rings is 1. The van der Waals surface area contributed by atoms with Gasteiger partial charge in [0.2, 0.25) is 5.43 Å². The summed E-state index contributed by atoms with van der Waals surface area (Å²) in [7, 11) is 1.93. The fourth-order valence-corrected chi connectivity index (χ4v) is 2.63. The molecule has 0 unspecified atom stereocenters. The highest BCUT2D eigenvalue weighted by Crippen LogP contribution is 2.20. The summed E-state index contributed by atoms with van der Waals surface area (Å²) in [5.74, 6) is 0.897. The molecule has 0 atom stereocenters. The fourth-order valence-electron chi connectivity index (χ4n) is 1.68. The molecule has 0 saturated heterocycles. The van der Waals surface area contributed by atoms with E-state index in [0.717, 1.165) is 21.6 Å². The average Bonchev–Trinajstić information content (AvgIpc) is 2.26. The van der Waals surface area contributed by atoms with Crippen LogP contribution in [0.4, 0.5) is 0 Å². The number of hydrogen-bond acceptors (Lipinski definition) is 2. The molecule has 0 saturated carbocycles. The summed E-state index contributed by atoms with van der Waals surface area (Å²) < 4.78 is 1.95. The molecular weight excluding hydrogens is 242 g/mol. The van der Waals surface area contributed by atoms with Crippen LogP contribution >= 0.6 is 23.4 Å². The first-order chi connectivity index (χ1) is 7.63. The van der Waals surface area contributed by atoms with Crippen LogP contribution in [0.5, 0.6) is 0 Å². The summed E-state index contributed by atoms with van der Waals surface area (Å²) in [5.41, 5.74) is 0.967. The van der Waals surface area contributed by atoms with Crippen molar-refractivity contribution in [2.45, 2.75) is 11.8 Å². The van der Waals surface area contributed by atoms with Crippen molar-refractivity contribution >= 4 is 34.3 Å². The van der Waals surface area contributed by atoms with Gasteiger partial charge in [-0.3, -0.25) is 4.79 Å². The van der Waals surface area contributed by atoms with E-state index in [1.54, 1.807) is 23.9 Å². The molecule has 2 aromatic rings. The second-order valence-electron chi connectivity index (χ2n) is 3.53. The van der Waals surface area contributed by atoms with Gasteiger partial charge in [-0.25, -0.2) is 0 Å². The van der Waals surface area contributed by atoms with E-state index < -0.39 is 0 Å². The molecule has 0 amide bonds. The van der Waals surface area contributed by atoms with Crippen molar-refractivity contribution < 1.29 is 0 Å². The third-order valence-electron chi connectivity index (χ3n) is 2.42. The lowest BCUT2D eigenvalue weighted by Gasteiger charge is -2.08. The van der Waals surface area contributed by atoms with Gasteiger partial charge in [0, 0.05) is 23.7 Å². The van der Waals surface area contributed by atoms with Crippen LogP contribution in [0.25, 0.3) is 10.9 Å². The van der Waals surface area contributed by atoms with Crippen LogP contribution in [0.2, 0.25) is 5.02 Å². The third-order valence-corrected chi connectivity index (χ3v) is 3.54. The predicted molar refractivity (Wildman–Crippen MR) is 70.6 cm³/mol. The van der Waals surface area contributed by atoms with Gasteiger partial charge < -0.3 is 4.57 Å². The predicted octanol–water partition coefficient (Wildman–Crippen LogP) is 3.30. The topological polar surface area (TPSA) is 22.0 Å². The van der Waals surface area contributed by atoms with Crippen molar-refractivity contribution in [1.82, 2.24) is 4.57 Å². The van der Waals surface area contributed by atoms with Gasteiger partial charge in [0.1, 0.15) is 0 Å². The SMILES string of the molecule is CCSc1cn(C)c2cc(Cl)ccc2c1=O. The monoisotopic (exact) mass is 253 g/mol. The second-order valence-corrected chi connectivity index (χ2v) is 5.27. The number of halogens is 1. The molecule has 1 aromatic heterocycles. The molecule has 0 spiro atoms. The number of fused-ring (bicyclic) bond motifs is 1. The van der Waals surface area contributed by atoms with Crippen LogP contribution in [0.15, 0.2) is 34.1 Å². The maximum Gasteiger partial charge on any atom is 0.202 e. The van der Waals surface area contributed by atoms with Gasteiger partial charge in [-0.05, 0) is 24.0 Å². The van der Waals surface area contributed by atoms with Crippen molar-refractivity contribution in [3.8, 4) is 0 Å². The van der Waals surface area contributed by atoms with Gasteiger partial charge in [0.15, 0.2) is 0 Å². The van der Waals surface area contributed by atoms with Gasteiger partial charge in [-0.2, -0.15) is 0 Å². The number of hydrogen-bond donors (Lipinski definition) is 0. The molecule has 0 aliphatic carbocycles. The summed E-state index contributed by atoms with van der Waals surface area (Å²) in [6, 6.07) is 5.37.